The highest BCUT2D eigenvalue weighted by molar-refractivity contribution is 14.0. The second-order valence-electron chi connectivity index (χ2n) is 5.72. The summed E-state index contributed by atoms with van der Waals surface area (Å²) >= 11 is 0. The van der Waals surface area contributed by atoms with Crippen molar-refractivity contribution >= 4 is 29.9 Å². The van der Waals surface area contributed by atoms with E-state index in [2.05, 4.69) is 26.9 Å². The van der Waals surface area contributed by atoms with Crippen LogP contribution in [0, 0.1) is 0 Å². The van der Waals surface area contributed by atoms with Crippen LogP contribution in [0.3, 0.4) is 0 Å². The van der Waals surface area contributed by atoms with E-state index in [1.54, 1.807) is 24.5 Å². The van der Waals surface area contributed by atoms with Gasteiger partial charge >= 0.3 is 6.61 Å². The Morgan fingerprint density at radius 2 is 2.00 bits per heavy atom. The molecule has 0 aliphatic carbocycles. The van der Waals surface area contributed by atoms with Crippen LogP contribution in [0.5, 0.6) is 5.75 Å². The Balaban J connectivity index is 0.00000364. The number of para-hydroxylation sites is 1. The molecule has 2 N–H and O–H groups in total. The first kappa shape index (κ1) is 22.9. The monoisotopic (exact) mass is 491 g/mol. The predicted octanol–water partition coefficient (Wildman–Crippen LogP) is 4.35. The molecular formula is C19H24F2IN3O2. The summed E-state index contributed by atoms with van der Waals surface area (Å²) in [5, 5.41) is 6.34. The van der Waals surface area contributed by atoms with Gasteiger partial charge in [0, 0.05) is 25.1 Å². The lowest BCUT2D eigenvalue weighted by atomic mass is 10.2. The summed E-state index contributed by atoms with van der Waals surface area (Å²) in [5.74, 6) is 1.56. The number of aliphatic imine (C=N–C) groups is 1. The maximum absolute atomic E-state index is 12.5. The van der Waals surface area contributed by atoms with E-state index in [-0.39, 0.29) is 36.3 Å². The average Bonchev–Trinajstić information content (AvgIpc) is 3.10. The van der Waals surface area contributed by atoms with Gasteiger partial charge in [0.25, 0.3) is 0 Å². The number of rotatable bonds is 9. The molecule has 1 aromatic carbocycles. The van der Waals surface area contributed by atoms with Crippen LogP contribution in [0.15, 0.2) is 64.2 Å². The molecule has 0 spiro atoms. The minimum atomic E-state index is -2.87. The van der Waals surface area contributed by atoms with E-state index in [1.165, 1.54) is 6.07 Å². The van der Waals surface area contributed by atoms with Crippen LogP contribution >= 0.6 is 24.0 Å². The van der Waals surface area contributed by atoms with Crippen LogP contribution in [-0.4, -0.2) is 25.7 Å². The molecule has 0 atom stereocenters. The first-order chi connectivity index (χ1) is 12.5. The van der Waals surface area contributed by atoms with Gasteiger partial charge in [0.1, 0.15) is 11.5 Å². The van der Waals surface area contributed by atoms with Gasteiger partial charge in [-0.25, -0.2) is 4.99 Å². The van der Waals surface area contributed by atoms with Crippen molar-refractivity contribution in [3.8, 4) is 5.75 Å². The summed E-state index contributed by atoms with van der Waals surface area (Å²) in [5.41, 5.74) is 1.53. The molecule has 0 saturated carbocycles. The molecule has 1 heterocycles. The second-order valence-corrected chi connectivity index (χ2v) is 5.72. The number of halogens is 3. The molecule has 0 radical (unpaired) electrons. The molecule has 0 fully saturated rings. The highest BCUT2D eigenvalue weighted by Gasteiger charge is 2.09. The Labute approximate surface area is 174 Å². The quantitative estimate of drug-likeness (QED) is 0.237. The fourth-order valence-corrected chi connectivity index (χ4v) is 2.18. The molecule has 8 heteroatoms. The topological polar surface area (TPSA) is 58.8 Å². The predicted molar refractivity (Wildman–Crippen MR) is 113 cm³/mol. The minimum absolute atomic E-state index is 0. The fourth-order valence-electron chi connectivity index (χ4n) is 2.18. The number of alkyl halides is 2. The molecule has 0 aliphatic heterocycles. The largest absolute Gasteiger partial charge is 0.469 e. The Bertz CT molecular complexity index is 722. The van der Waals surface area contributed by atoms with Gasteiger partial charge in [-0.2, -0.15) is 8.78 Å². The van der Waals surface area contributed by atoms with E-state index in [4.69, 9.17) is 4.42 Å². The highest BCUT2D eigenvalue weighted by Crippen LogP contribution is 2.20. The Morgan fingerprint density at radius 3 is 2.67 bits per heavy atom. The summed E-state index contributed by atoms with van der Waals surface area (Å²) in [6.45, 7) is 4.26. The van der Waals surface area contributed by atoms with Crippen LogP contribution < -0.4 is 15.4 Å². The summed E-state index contributed by atoms with van der Waals surface area (Å²) in [4.78, 5) is 4.45. The molecule has 2 rings (SSSR count). The zero-order chi connectivity index (χ0) is 18.8. The third-order valence-corrected chi connectivity index (χ3v) is 3.40. The van der Waals surface area contributed by atoms with Crippen molar-refractivity contribution in [2.24, 2.45) is 4.99 Å². The van der Waals surface area contributed by atoms with Gasteiger partial charge < -0.3 is 19.8 Å². The van der Waals surface area contributed by atoms with Crippen LogP contribution in [0.1, 0.15) is 18.2 Å². The van der Waals surface area contributed by atoms with Crippen molar-refractivity contribution in [2.45, 2.75) is 26.5 Å². The number of nitrogens with one attached hydrogen (secondary N) is 2. The lowest BCUT2D eigenvalue weighted by Crippen LogP contribution is -2.39. The number of hydrogen-bond acceptors (Lipinski definition) is 3. The summed E-state index contributed by atoms with van der Waals surface area (Å²) in [7, 11) is 0. The standard InChI is InChI=1S/C19H23F2N3O2.HI/c1-14(2)12-23-19(22-10-9-16-7-5-11-25-16)24-13-15-6-3-4-8-17(15)26-18(20)21;/h3-8,11,18H,1,9-10,12-13H2,2H3,(H2,22,23,24);1H. The molecule has 0 bridgehead atoms. The maximum Gasteiger partial charge on any atom is 0.387 e. The van der Waals surface area contributed by atoms with Gasteiger partial charge in [0.2, 0.25) is 0 Å². The minimum Gasteiger partial charge on any atom is -0.469 e. The Kier molecular flexibility index (Phi) is 10.5. The Morgan fingerprint density at radius 1 is 1.22 bits per heavy atom. The molecule has 2 aromatic rings. The molecule has 1 aromatic heterocycles. The van der Waals surface area contributed by atoms with E-state index in [0.717, 1.165) is 11.3 Å². The molecule has 27 heavy (non-hydrogen) atoms. The van der Waals surface area contributed by atoms with E-state index in [1.807, 2.05) is 19.1 Å². The van der Waals surface area contributed by atoms with Crippen molar-refractivity contribution < 1.29 is 17.9 Å². The van der Waals surface area contributed by atoms with Gasteiger partial charge in [0.15, 0.2) is 5.96 Å². The SMILES string of the molecule is C=C(C)CNC(=NCc1ccccc1OC(F)F)NCCc1ccco1.I. The van der Waals surface area contributed by atoms with Crippen LogP contribution in [0.4, 0.5) is 8.78 Å². The van der Waals surface area contributed by atoms with Crippen molar-refractivity contribution in [2.75, 3.05) is 13.1 Å². The molecule has 148 valence electrons. The van der Waals surface area contributed by atoms with Gasteiger partial charge in [-0.05, 0) is 25.1 Å². The summed E-state index contributed by atoms with van der Waals surface area (Å²) in [6.07, 6.45) is 2.33. The van der Waals surface area contributed by atoms with Crippen molar-refractivity contribution in [3.05, 3.63) is 66.1 Å². The highest BCUT2D eigenvalue weighted by atomic mass is 127. The normalized spacial score (nSPS) is 11.0. The number of nitrogens with zero attached hydrogens (tertiary/aromatic N) is 1. The summed E-state index contributed by atoms with van der Waals surface area (Å²) < 4.78 is 34.8. The van der Waals surface area contributed by atoms with Crippen LogP contribution in [-0.2, 0) is 13.0 Å². The van der Waals surface area contributed by atoms with E-state index in [0.29, 0.717) is 31.0 Å². The first-order valence-electron chi connectivity index (χ1n) is 8.26. The number of ether oxygens (including phenoxy) is 1. The average molecular weight is 491 g/mol. The zero-order valence-corrected chi connectivity index (χ0v) is 17.4. The van der Waals surface area contributed by atoms with Crippen molar-refractivity contribution in [1.82, 2.24) is 10.6 Å². The number of furan rings is 1. The van der Waals surface area contributed by atoms with Crippen molar-refractivity contribution in [1.29, 1.82) is 0 Å². The van der Waals surface area contributed by atoms with E-state index < -0.39 is 6.61 Å². The van der Waals surface area contributed by atoms with Crippen LogP contribution in [0.2, 0.25) is 0 Å². The number of hydrogen-bond donors (Lipinski definition) is 2. The second kappa shape index (κ2) is 12.3. The molecule has 0 unspecified atom stereocenters. The lowest BCUT2D eigenvalue weighted by Gasteiger charge is -2.13. The molecule has 0 amide bonds. The van der Waals surface area contributed by atoms with E-state index >= 15 is 0 Å². The van der Waals surface area contributed by atoms with Crippen LogP contribution in [0.25, 0.3) is 0 Å². The zero-order valence-electron chi connectivity index (χ0n) is 15.1. The van der Waals surface area contributed by atoms with E-state index in [9.17, 15) is 8.78 Å². The van der Waals surface area contributed by atoms with Crippen molar-refractivity contribution in [3.63, 3.8) is 0 Å². The summed E-state index contributed by atoms with van der Waals surface area (Å²) in [6, 6.07) is 10.4. The van der Waals surface area contributed by atoms with Gasteiger partial charge in [-0.15, -0.1) is 24.0 Å². The third-order valence-electron chi connectivity index (χ3n) is 3.40. The van der Waals surface area contributed by atoms with Gasteiger partial charge in [-0.3, -0.25) is 0 Å². The molecular weight excluding hydrogens is 467 g/mol. The van der Waals surface area contributed by atoms with Gasteiger partial charge in [-0.1, -0.05) is 30.4 Å². The smallest absolute Gasteiger partial charge is 0.387 e. The molecule has 5 nitrogen and oxygen atoms in total. The third kappa shape index (κ3) is 8.89. The maximum atomic E-state index is 12.5. The number of guanidine groups is 1. The first-order valence-corrected chi connectivity index (χ1v) is 8.26. The lowest BCUT2D eigenvalue weighted by molar-refractivity contribution is -0.0504. The number of benzene rings is 1. The Hall–Kier alpha value is -2.10. The fraction of sp³-hybridized carbons (Fsp3) is 0.316. The molecule has 0 aliphatic rings. The van der Waals surface area contributed by atoms with Gasteiger partial charge in [0.05, 0.1) is 12.8 Å². The molecule has 0 saturated heterocycles.